The van der Waals surface area contributed by atoms with E-state index in [1.165, 1.54) is 17.1 Å². The number of hydrogen-bond donors (Lipinski definition) is 1. The van der Waals surface area contributed by atoms with E-state index < -0.39 is 0 Å². The number of rotatable bonds is 1. The van der Waals surface area contributed by atoms with Crippen LogP contribution in [0.25, 0.3) is 5.69 Å². The Morgan fingerprint density at radius 2 is 2.29 bits per heavy atom. The zero-order valence-electron chi connectivity index (χ0n) is 7.12. The molecule has 0 atom stereocenters. The molecule has 2 rings (SSSR count). The first-order chi connectivity index (χ1) is 6.81. The van der Waals surface area contributed by atoms with Crippen LogP contribution in [0.1, 0.15) is 5.82 Å². The van der Waals surface area contributed by atoms with Crippen molar-refractivity contribution in [3.05, 3.63) is 36.4 Å². The van der Waals surface area contributed by atoms with Gasteiger partial charge in [-0.25, -0.2) is 9.67 Å². The zero-order valence-corrected chi connectivity index (χ0v) is 7.12. The number of phenolic OH excluding ortho intramolecular Hbond substituents is 1. The van der Waals surface area contributed by atoms with Gasteiger partial charge in [0.25, 0.3) is 0 Å². The number of nitriles is 1. The van der Waals surface area contributed by atoms with Crippen molar-refractivity contribution in [2.45, 2.75) is 0 Å². The first-order valence-electron chi connectivity index (χ1n) is 3.91. The Morgan fingerprint density at radius 1 is 1.43 bits per heavy atom. The lowest BCUT2D eigenvalue weighted by Gasteiger charge is -2.00. The Bertz CT molecular complexity index is 498. The van der Waals surface area contributed by atoms with Gasteiger partial charge in [0, 0.05) is 6.07 Å². The van der Waals surface area contributed by atoms with Crippen LogP contribution in [0.5, 0.6) is 5.75 Å². The van der Waals surface area contributed by atoms with Crippen molar-refractivity contribution in [1.29, 1.82) is 5.26 Å². The molecule has 5 nitrogen and oxygen atoms in total. The number of aromatic nitrogens is 3. The summed E-state index contributed by atoms with van der Waals surface area (Å²) in [6.45, 7) is 0. The number of phenols is 1. The van der Waals surface area contributed by atoms with Gasteiger partial charge in [0.15, 0.2) is 0 Å². The van der Waals surface area contributed by atoms with E-state index in [1.54, 1.807) is 18.2 Å². The normalized spacial score (nSPS) is 9.64. The summed E-state index contributed by atoms with van der Waals surface area (Å²) in [6, 6.07) is 8.36. The second-order valence-electron chi connectivity index (χ2n) is 2.63. The van der Waals surface area contributed by atoms with Crippen LogP contribution < -0.4 is 0 Å². The molecule has 68 valence electrons. The highest BCUT2D eigenvalue weighted by atomic mass is 16.3. The Hall–Kier alpha value is -2.35. The second kappa shape index (κ2) is 3.18. The summed E-state index contributed by atoms with van der Waals surface area (Å²) in [5.74, 6) is 0.317. The number of nitrogens with zero attached hydrogens (tertiary/aromatic N) is 4. The number of hydrogen-bond acceptors (Lipinski definition) is 4. The predicted octanol–water partition coefficient (Wildman–Crippen LogP) is 0.845. The van der Waals surface area contributed by atoms with Gasteiger partial charge in [-0.1, -0.05) is 6.07 Å². The fraction of sp³-hybridized carbons (Fsp3) is 0. The summed E-state index contributed by atoms with van der Waals surface area (Å²) in [5.41, 5.74) is 0.610. The molecular weight excluding hydrogens is 180 g/mol. The summed E-state index contributed by atoms with van der Waals surface area (Å²) in [4.78, 5) is 3.75. The van der Waals surface area contributed by atoms with E-state index in [0.717, 1.165) is 0 Å². The molecule has 0 bridgehead atoms. The molecule has 0 aliphatic rings. The van der Waals surface area contributed by atoms with Gasteiger partial charge in [0.2, 0.25) is 5.82 Å². The zero-order chi connectivity index (χ0) is 9.97. The summed E-state index contributed by atoms with van der Waals surface area (Å²) in [7, 11) is 0. The van der Waals surface area contributed by atoms with E-state index >= 15 is 0 Å². The van der Waals surface area contributed by atoms with E-state index in [9.17, 15) is 5.11 Å². The Balaban J connectivity index is 2.56. The van der Waals surface area contributed by atoms with E-state index in [2.05, 4.69) is 10.1 Å². The van der Waals surface area contributed by atoms with Crippen LogP contribution in [0.2, 0.25) is 0 Å². The maximum Gasteiger partial charge on any atom is 0.235 e. The maximum atomic E-state index is 9.23. The lowest BCUT2D eigenvalue weighted by Crippen LogP contribution is -1.99. The largest absolute Gasteiger partial charge is 0.508 e. The van der Waals surface area contributed by atoms with Crippen LogP contribution >= 0.6 is 0 Å². The van der Waals surface area contributed by atoms with Crippen molar-refractivity contribution in [2.75, 3.05) is 0 Å². The topological polar surface area (TPSA) is 74.7 Å². The van der Waals surface area contributed by atoms with Gasteiger partial charge in [-0.05, 0) is 12.1 Å². The molecule has 0 unspecified atom stereocenters. The molecule has 2 aromatic rings. The molecule has 0 aliphatic heterocycles. The van der Waals surface area contributed by atoms with Crippen LogP contribution in [0.3, 0.4) is 0 Å². The molecule has 0 saturated heterocycles. The van der Waals surface area contributed by atoms with Gasteiger partial charge in [0.1, 0.15) is 18.1 Å². The molecule has 1 aromatic carbocycles. The fourth-order valence-corrected chi connectivity index (χ4v) is 1.13. The average molecular weight is 186 g/mol. The molecule has 0 radical (unpaired) electrons. The first kappa shape index (κ1) is 8.26. The molecule has 1 N–H and O–H groups in total. The molecule has 14 heavy (non-hydrogen) atoms. The van der Waals surface area contributed by atoms with E-state index in [-0.39, 0.29) is 11.6 Å². The van der Waals surface area contributed by atoms with Gasteiger partial charge in [-0.15, -0.1) is 0 Å². The molecule has 1 heterocycles. The van der Waals surface area contributed by atoms with Gasteiger partial charge < -0.3 is 5.11 Å². The van der Waals surface area contributed by atoms with Crippen LogP contribution in [0, 0.1) is 11.3 Å². The molecule has 0 aliphatic carbocycles. The summed E-state index contributed by atoms with van der Waals surface area (Å²) >= 11 is 0. The van der Waals surface area contributed by atoms with Crippen molar-refractivity contribution in [3.8, 4) is 17.5 Å². The summed E-state index contributed by atoms with van der Waals surface area (Å²) < 4.78 is 1.36. The van der Waals surface area contributed by atoms with Crippen molar-refractivity contribution in [1.82, 2.24) is 14.8 Å². The average Bonchev–Trinajstić information content (AvgIpc) is 2.65. The minimum Gasteiger partial charge on any atom is -0.508 e. The Morgan fingerprint density at radius 3 is 3.00 bits per heavy atom. The minimum atomic E-state index is 0.127. The van der Waals surface area contributed by atoms with Gasteiger partial charge in [0.05, 0.1) is 5.69 Å². The smallest absolute Gasteiger partial charge is 0.235 e. The molecule has 1 aromatic heterocycles. The molecule has 0 fully saturated rings. The van der Waals surface area contributed by atoms with Crippen molar-refractivity contribution in [2.24, 2.45) is 0 Å². The van der Waals surface area contributed by atoms with Gasteiger partial charge in [-0.2, -0.15) is 10.4 Å². The highest BCUT2D eigenvalue weighted by Crippen LogP contribution is 2.14. The fourth-order valence-electron chi connectivity index (χ4n) is 1.13. The maximum absolute atomic E-state index is 9.23. The van der Waals surface area contributed by atoms with Gasteiger partial charge >= 0.3 is 0 Å². The molecular formula is C9H6N4O. The number of aromatic hydroxyl groups is 1. The molecule has 0 amide bonds. The van der Waals surface area contributed by atoms with Crippen LogP contribution in [0.4, 0.5) is 0 Å². The lowest BCUT2D eigenvalue weighted by molar-refractivity contribution is 0.475. The third kappa shape index (κ3) is 1.29. The van der Waals surface area contributed by atoms with Crippen molar-refractivity contribution >= 4 is 0 Å². The Kier molecular flexibility index (Phi) is 1.88. The SMILES string of the molecule is N#Cc1ncnn1-c1cccc(O)c1. The van der Waals surface area contributed by atoms with E-state index in [1.807, 2.05) is 6.07 Å². The van der Waals surface area contributed by atoms with Crippen LogP contribution in [0.15, 0.2) is 30.6 Å². The van der Waals surface area contributed by atoms with Gasteiger partial charge in [-0.3, -0.25) is 0 Å². The summed E-state index contributed by atoms with van der Waals surface area (Å²) in [5, 5.41) is 21.8. The molecule has 0 saturated carbocycles. The Labute approximate surface area is 79.9 Å². The predicted molar refractivity (Wildman–Crippen MR) is 47.7 cm³/mol. The number of benzene rings is 1. The molecule has 0 spiro atoms. The standard InChI is InChI=1S/C9H6N4O/c10-5-9-11-6-12-13(9)7-2-1-3-8(14)4-7/h1-4,6,14H. The van der Waals surface area contributed by atoms with E-state index in [0.29, 0.717) is 5.69 Å². The third-order valence-electron chi connectivity index (χ3n) is 1.72. The molecule has 5 heteroatoms. The monoisotopic (exact) mass is 186 g/mol. The van der Waals surface area contributed by atoms with Crippen LogP contribution in [-0.4, -0.2) is 19.9 Å². The quantitative estimate of drug-likeness (QED) is 0.716. The van der Waals surface area contributed by atoms with Crippen LogP contribution in [-0.2, 0) is 0 Å². The van der Waals surface area contributed by atoms with Crippen molar-refractivity contribution in [3.63, 3.8) is 0 Å². The highest BCUT2D eigenvalue weighted by Gasteiger charge is 2.05. The third-order valence-corrected chi connectivity index (χ3v) is 1.72. The van der Waals surface area contributed by atoms with E-state index in [4.69, 9.17) is 5.26 Å². The second-order valence-corrected chi connectivity index (χ2v) is 2.63. The summed E-state index contributed by atoms with van der Waals surface area (Å²) in [6.07, 6.45) is 1.29. The highest BCUT2D eigenvalue weighted by molar-refractivity contribution is 5.39. The minimum absolute atomic E-state index is 0.127. The van der Waals surface area contributed by atoms with Crippen molar-refractivity contribution < 1.29 is 5.11 Å². The first-order valence-corrected chi connectivity index (χ1v) is 3.91. The lowest BCUT2D eigenvalue weighted by atomic mass is 10.3.